The molecule has 6 heteroatoms. The number of pyridine rings is 1. The summed E-state index contributed by atoms with van der Waals surface area (Å²) in [6, 6.07) is 13.9. The Morgan fingerprint density at radius 3 is 2.77 bits per heavy atom. The first kappa shape index (κ1) is 16.8. The molecule has 0 aliphatic carbocycles. The predicted molar refractivity (Wildman–Crippen MR) is 97.6 cm³/mol. The second-order valence-electron chi connectivity index (χ2n) is 6.35. The van der Waals surface area contributed by atoms with E-state index >= 15 is 0 Å². The molecule has 1 aliphatic heterocycles. The van der Waals surface area contributed by atoms with Gasteiger partial charge in [0.15, 0.2) is 6.29 Å². The van der Waals surface area contributed by atoms with E-state index in [9.17, 15) is 4.79 Å². The van der Waals surface area contributed by atoms with Gasteiger partial charge < -0.3 is 18.9 Å². The zero-order valence-electron chi connectivity index (χ0n) is 14.7. The molecule has 1 amide bonds. The number of amides is 1. The lowest BCUT2D eigenvalue weighted by molar-refractivity contribution is -0.0586. The molecule has 0 N–H and O–H groups in total. The smallest absolute Gasteiger partial charge is 0.255 e. The van der Waals surface area contributed by atoms with Crippen LogP contribution in [0.15, 0.2) is 54.9 Å². The van der Waals surface area contributed by atoms with Gasteiger partial charge in [0.1, 0.15) is 0 Å². The Hall–Kier alpha value is -2.70. The molecule has 0 radical (unpaired) electrons. The molecule has 26 heavy (non-hydrogen) atoms. The van der Waals surface area contributed by atoms with Crippen LogP contribution in [0.5, 0.6) is 0 Å². The summed E-state index contributed by atoms with van der Waals surface area (Å²) >= 11 is 0. The predicted octanol–water partition coefficient (Wildman–Crippen LogP) is 2.59. The highest BCUT2D eigenvalue weighted by Gasteiger charge is 2.25. The molecule has 4 rings (SSSR count). The van der Waals surface area contributed by atoms with E-state index in [4.69, 9.17) is 9.47 Å². The normalized spacial score (nSPS) is 14.8. The molecule has 6 nitrogen and oxygen atoms in total. The Kier molecular flexibility index (Phi) is 4.69. The number of nitrogens with zero attached hydrogens (tertiary/aromatic N) is 3. The summed E-state index contributed by atoms with van der Waals surface area (Å²) in [6.07, 6.45) is 2.87. The van der Waals surface area contributed by atoms with Gasteiger partial charge in [0.25, 0.3) is 5.91 Å². The molecule has 0 spiro atoms. The van der Waals surface area contributed by atoms with Crippen LogP contribution in [-0.4, -0.2) is 46.4 Å². The molecule has 1 fully saturated rings. The van der Waals surface area contributed by atoms with Crippen LogP contribution < -0.4 is 0 Å². The molecule has 0 saturated carbocycles. The zero-order valence-corrected chi connectivity index (χ0v) is 14.7. The number of ether oxygens (including phenoxy) is 2. The van der Waals surface area contributed by atoms with Crippen LogP contribution in [0.4, 0.5) is 0 Å². The number of rotatable bonds is 5. The lowest BCUT2D eigenvalue weighted by Crippen LogP contribution is -2.38. The van der Waals surface area contributed by atoms with Crippen molar-refractivity contribution in [1.29, 1.82) is 0 Å². The monoisotopic (exact) mass is 351 g/mol. The van der Waals surface area contributed by atoms with Crippen LogP contribution in [0, 0.1) is 0 Å². The molecule has 1 saturated heterocycles. The van der Waals surface area contributed by atoms with Crippen molar-refractivity contribution >= 4 is 16.8 Å². The number of hydrogen-bond acceptors (Lipinski definition) is 4. The third-order valence-corrected chi connectivity index (χ3v) is 4.66. The van der Waals surface area contributed by atoms with E-state index in [-0.39, 0.29) is 12.2 Å². The van der Waals surface area contributed by atoms with Crippen molar-refractivity contribution in [3.05, 3.63) is 66.1 Å². The minimum atomic E-state index is -0.384. The number of fused-ring (bicyclic) bond motifs is 1. The molecular weight excluding hydrogens is 330 g/mol. The second-order valence-corrected chi connectivity index (χ2v) is 6.35. The van der Waals surface area contributed by atoms with Gasteiger partial charge in [0, 0.05) is 30.7 Å². The molecule has 0 unspecified atom stereocenters. The Labute approximate surface area is 152 Å². The van der Waals surface area contributed by atoms with Crippen molar-refractivity contribution in [2.45, 2.75) is 12.8 Å². The maximum absolute atomic E-state index is 13.0. The van der Waals surface area contributed by atoms with Gasteiger partial charge in [0.2, 0.25) is 0 Å². The second kappa shape index (κ2) is 7.27. The van der Waals surface area contributed by atoms with E-state index < -0.39 is 0 Å². The van der Waals surface area contributed by atoms with E-state index in [2.05, 4.69) is 27.8 Å². The first-order valence-corrected chi connectivity index (χ1v) is 8.68. The van der Waals surface area contributed by atoms with Gasteiger partial charge >= 0.3 is 0 Å². The molecule has 1 aliphatic rings. The highest BCUT2D eigenvalue weighted by Crippen LogP contribution is 2.21. The van der Waals surface area contributed by atoms with Gasteiger partial charge in [-0.25, -0.2) is 0 Å². The number of hydrogen-bond donors (Lipinski definition) is 0. The minimum Gasteiger partial charge on any atom is -0.348 e. The number of aryl methyl sites for hydroxylation is 1. The van der Waals surface area contributed by atoms with E-state index in [1.165, 1.54) is 0 Å². The molecule has 0 bridgehead atoms. The number of carbonyl (C=O) groups is 1. The van der Waals surface area contributed by atoms with E-state index in [1.807, 2.05) is 19.2 Å². The summed E-state index contributed by atoms with van der Waals surface area (Å²) in [7, 11) is 2.02. The van der Waals surface area contributed by atoms with E-state index in [0.717, 1.165) is 16.6 Å². The molecule has 134 valence electrons. The van der Waals surface area contributed by atoms with Crippen molar-refractivity contribution in [2.75, 3.05) is 19.8 Å². The van der Waals surface area contributed by atoms with E-state index in [1.54, 1.807) is 29.4 Å². The molecule has 1 aromatic carbocycles. The lowest BCUT2D eigenvalue weighted by Gasteiger charge is -2.25. The standard InChI is InChI=1S/C20H21N3O3/c1-22-17(11-15-5-2-3-7-18(15)22)13-23(14-19-25-9-10-26-19)20(24)16-6-4-8-21-12-16/h2-8,11-12,19H,9-10,13-14H2,1H3. The topological polar surface area (TPSA) is 56.6 Å². The molecule has 2 aromatic heterocycles. The van der Waals surface area contributed by atoms with Crippen molar-refractivity contribution in [3.63, 3.8) is 0 Å². The summed E-state index contributed by atoms with van der Waals surface area (Å²) in [5, 5.41) is 1.16. The van der Waals surface area contributed by atoms with Gasteiger partial charge in [-0.1, -0.05) is 18.2 Å². The maximum atomic E-state index is 13.0. The fourth-order valence-corrected chi connectivity index (χ4v) is 3.28. The van der Waals surface area contributed by atoms with Gasteiger partial charge in [0.05, 0.1) is 31.9 Å². The Bertz CT molecular complexity index is 901. The quantitative estimate of drug-likeness (QED) is 0.709. The average Bonchev–Trinajstić information content (AvgIpc) is 3.30. The number of para-hydroxylation sites is 1. The third kappa shape index (κ3) is 3.34. The SMILES string of the molecule is Cn1c(CN(CC2OCCO2)C(=O)c2cccnc2)cc2ccccc21. The summed E-state index contributed by atoms with van der Waals surface area (Å²) in [5.41, 5.74) is 2.76. The number of carbonyl (C=O) groups excluding carboxylic acids is 1. The summed E-state index contributed by atoms with van der Waals surface area (Å²) in [5.74, 6) is -0.0811. The van der Waals surface area contributed by atoms with Crippen LogP contribution in [0.3, 0.4) is 0 Å². The van der Waals surface area contributed by atoms with Gasteiger partial charge in [-0.2, -0.15) is 0 Å². The highest BCUT2D eigenvalue weighted by molar-refractivity contribution is 5.94. The van der Waals surface area contributed by atoms with Crippen molar-refractivity contribution in [2.24, 2.45) is 7.05 Å². The lowest BCUT2D eigenvalue weighted by atomic mass is 10.2. The molecule has 3 aromatic rings. The van der Waals surface area contributed by atoms with Gasteiger partial charge in [-0.3, -0.25) is 9.78 Å². The number of benzene rings is 1. The van der Waals surface area contributed by atoms with Crippen LogP contribution in [0.1, 0.15) is 16.1 Å². The molecule has 0 atom stereocenters. The Morgan fingerprint density at radius 1 is 1.23 bits per heavy atom. The van der Waals surface area contributed by atoms with Crippen LogP contribution >= 0.6 is 0 Å². The van der Waals surface area contributed by atoms with Crippen molar-refractivity contribution < 1.29 is 14.3 Å². The van der Waals surface area contributed by atoms with E-state index in [0.29, 0.717) is 31.9 Å². The fraction of sp³-hybridized carbons (Fsp3) is 0.300. The van der Waals surface area contributed by atoms with Gasteiger partial charge in [-0.05, 0) is 29.7 Å². The molecular formula is C20H21N3O3. The first-order chi connectivity index (χ1) is 12.7. The van der Waals surface area contributed by atoms with Gasteiger partial charge in [-0.15, -0.1) is 0 Å². The summed E-state index contributed by atoms with van der Waals surface area (Å²) in [6.45, 7) is 1.98. The highest BCUT2D eigenvalue weighted by atomic mass is 16.7. The zero-order chi connectivity index (χ0) is 17.9. The van der Waals surface area contributed by atoms with Crippen molar-refractivity contribution in [3.8, 4) is 0 Å². The minimum absolute atomic E-state index is 0.0811. The fourth-order valence-electron chi connectivity index (χ4n) is 3.28. The average molecular weight is 351 g/mol. The Morgan fingerprint density at radius 2 is 2.04 bits per heavy atom. The van der Waals surface area contributed by atoms with Crippen LogP contribution in [0.25, 0.3) is 10.9 Å². The molecule has 3 heterocycles. The van der Waals surface area contributed by atoms with Crippen LogP contribution in [0.2, 0.25) is 0 Å². The summed E-state index contributed by atoms with van der Waals surface area (Å²) in [4.78, 5) is 18.9. The largest absolute Gasteiger partial charge is 0.348 e. The van der Waals surface area contributed by atoms with Crippen LogP contribution in [-0.2, 0) is 23.1 Å². The number of aromatic nitrogens is 2. The summed E-state index contributed by atoms with van der Waals surface area (Å²) < 4.78 is 13.2. The van der Waals surface area contributed by atoms with Crippen molar-refractivity contribution in [1.82, 2.24) is 14.5 Å². The Balaban J connectivity index is 1.63. The first-order valence-electron chi connectivity index (χ1n) is 8.68. The third-order valence-electron chi connectivity index (χ3n) is 4.66. The maximum Gasteiger partial charge on any atom is 0.255 e.